The van der Waals surface area contributed by atoms with Crippen LogP contribution in [-0.4, -0.2) is 65.6 Å². The number of Topliss-reactive ketones (excluding diaryl/α,β-unsaturated/α-hetero) is 1. The molecule has 0 heterocycles. The van der Waals surface area contributed by atoms with E-state index in [2.05, 4.69) is 13.8 Å². The Morgan fingerprint density at radius 3 is 2.36 bits per heavy atom. The van der Waals surface area contributed by atoms with Gasteiger partial charge in [0.25, 0.3) is 0 Å². The van der Waals surface area contributed by atoms with Crippen LogP contribution in [0.3, 0.4) is 0 Å². The number of hydrogen-bond acceptors (Lipinski definition) is 9. The highest BCUT2D eigenvalue weighted by Crippen LogP contribution is 2.76. The summed E-state index contributed by atoms with van der Waals surface area (Å²) in [6.07, 6.45) is 4.47. The molecule has 0 amide bonds. The highest BCUT2D eigenvalue weighted by molar-refractivity contribution is 6.05. The maximum atomic E-state index is 13.8. The molecule has 0 aliphatic heterocycles. The van der Waals surface area contributed by atoms with Crippen molar-refractivity contribution in [2.24, 2.45) is 29.1 Å². The van der Waals surface area contributed by atoms with Gasteiger partial charge in [0.05, 0.1) is 25.6 Å². The Hall–Kier alpha value is -3.95. The van der Waals surface area contributed by atoms with Gasteiger partial charge in [-0.1, -0.05) is 69.3 Å². The number of aromatic hydroxyl groups is 1. The highest BCUT2D eigenvalue weighted by Gasteiger charge is 2.83. The standard InChI is InChI=1S/C38H44O9/c1-22-14-30-36(45-6,34(22)42)20-26(21-46-31(40)18-25-12-13-28(39)29(16-25)44-5)15-27-33-35(3,4)37(33,19-23(2)38(27,30)43)47-32(41)17-24-10-8-7-9-11-24/h7-16,23,27,30,33,39,43H,17-21H2,1-6H3/t23-,27+,30-,33-,36-,37+,38?/m1/s1. The van der Waals surface area contributed by atoms with Crippen molar-refractivity contribution < 1.29 is 43.5 Å². The number of phenols is 1. The topological polar surface area (TPSA) is 129 Å². The fourth-order valence-corrected chi connectivity index (χ4v) is 9.08. The van der Waals surface area contributed by atoms with E-state index in [-0.39, 0.29) is 61.0 Å². The molecule has 9 nitrogen and oxygen atoms in total. The number of hydrogen-bond donors (Lipinski definition) is 2. The molecule has 0 aromatic heterocycles. The van der Waals surface area contributed by atoms with Crippen molar-refractivity contribution in [3.05, 3.63) is 83.0 Å². The highest BCUT2D eigenvalue weighted by atomic mass is 16.6. The number of ether oxygens (including phenoxy) is 4. The summed E-state index contributed by atoms with van der Waals surface area (Å²) in [5.41, 5.74) is -1.39. The lowest BCUT2D eigenvalue weighted by atomic mass is 9.60. The summed E-state index contributed by atoms with van der Waals surface area (Å²) < 4.78 is 23.4. The molecular weight excluding hydrogens is 600 g/mol. The average molecular weight is 645 g/mol. The van der Waals surface area contributed by atoms with Crippen LogP contribution < -0.4 is 4.74 Å². The first kappa shape index (κ1) is 33.0. The van der Waals surface area contributed by atoms with E-state index in [1.807, 2.05) is 49.4 Å². The molecule has 0 bridgehead atoms. The van der Waals surface area contributed by atoms with Crippen molar-refractivity contribution in [3.8, 4) is 11.5 Å². The number of carbonyl (C=O) groups excluding carboxylic acids is 3. The van der Waals surface area contributed by atoms with Gasteiger partial charge in [0.15, 0.2) is 17.3 Å². The number of ketones is 1. The van der Waals surface area contributed by atoms with Crippen LogP contribution in [0, 0.1) is 29.1 Å². The summed E-state index contributed by atoms with van der Waals surface area (Å²) in [7, 11) is 2.93. The molecule has 2 aromatic rings. The van der Waals surface area contributed by atoms with Crippen molar-refractivity contribution in [1.29, 1.82) is 0 Å². The zero-order chi connectivity index (χ0) is 33.9. The van der Waals surface area contributed by atoms with Gasteiger partial charge in [-0.05, 0) is 53.7 Å². The number of esters is 2. The molecule has 4 aliphatic rings. The van der Waals surface area contributed by atoms with E-state index in [1.54, 1.807) is 19.1 Å². The summed E-state index contributed by atoms with van der Waals surface area (Å²) in [5, 5.41) is 22.8. The van der Waals surface area contributed by atoms with Gasteiger partial charge >= 0.3 is 11.9 Å². The molecule has 2 saturated carbocycles. The first-order chi connectivity index (χ1) is 22.2. The molecule has 47 heavy (non-hydrogen) atoms. The fourth-order valence-electron chi connectivity index (χ4n) is 9.08. The molecule has 250 valence electrons. The third-order valence-corrected chi connectivity index (χ3v) is 11.5. The molecule has 2 aromatic carbocycles. The summed E-state index contributed by atoms with van der Waals surface area (Å²) in [5.74, 6) is -2.58. The Labute approximate surface area is 275 Å². The van der Waals surface area contributed by atoms with Gasteiger partial charge in [-0.2, -0.15) is 0 Å². The van der Waals surface area contributed by atoms with Crippen LogP contribution in [0.2, 0.25) is 0 Å². The minimum atomic E-state index is -1.40. The summed E-state index contributed by atoms with van der Waals surface area (Å²) in [6.45, 7) is 7.74. The first-order valence-corrected chi connectivity index (χ1v) is 16.2. The lowest BCUT2D eigenvalue weighted by Gasteiger charge is -2.51. The molecule has 9 heteroatoms. The van der Waals surface area contributed by atoms with E-state index in [9.17, 15) is 24.6 Å². The monoisotopic (exact) mass is 644 g/mol. The third kappa shape index (κ3) is 5.10. The number of carbonyl (C=O) groups is 3. The molecule has 0 spiro atoms. The molecule has 6 rings (SSSR count). The predicted octanol–water partition coefficient (Wildman–Crippen LogP) is 4.91. The third-order valence-electron chi connectivity index (χ3n) is 11.5. The van der Waals surface area contributed by atoms with E-state index in [4.69, 9.17) is 18.9 Å². The maximum Gasteiger partial charge on any atom is 0.310 e. The lowest BCUT2D eigenvalue weighted by Crippen LogP contribution is -2.61. The quantitative estimate of drug-likeness (QED) is 0.289. The summed E-state index contributed by atoms with van der Waals surface area (Å²) >= 11 is 0. The van der Waals surface area contributed by atoms with Crippen molar-refractivity contribution in [1.82, 2.24) is 0 Å². The number of benzene rings is 2. The van der Waals surface area contributed by atoms with Gasteiger partial charge in [-0.15, -0.1) is 0 Å². The minimum Gasteiger partial charge on any atom is -0.504 e. The van der Waals surface area contributed by atoms with Crippen LogP contribution in [0.15, 0.2) is 71.8 Å². The number of fused-ring (bicyclic) bond motifs is 5. The van der Waals surface area contributed by atoms with Gasteiger partial charge in [-0.3, -0.25) is 14.4 Å². The molecule has 2 N–H and O–H groups in total. The summed E-state index contributed by atoms with van der Waals surface area (Å²) in [4.78, 5) is 40.3. The smallest absolute Gasteiger partial charge is 0.310 e. The number of aliphatic hydroxyl groups is 1. The second-order valence-corrected chi connectivity index (χ2v) is 14.3. The van der Waals surface area contributed by atoms with E-state index >= 15 is 0 Å². The maximum absolute atomic E-state index is 13.8. The number of methoxy groups -OCH3 is 2. The van der Waals surface area contributed by atoms with Gasteiger partial charge in [0, 0.05) is 36.7 Å². The van der Waals surface area contributed by atoms with Crippen molar-refractivity contribution >= 4 is 17.7 Å². The van der Waals surface area contributed by atoms with E-state index in [0.29, 0.717) is 23.1 Å². The zero-order valence-electron chi connectivity index (χ0n) is 27.9. The summed E-state index contributed by atoms with van der Waals surface area (Å²) in [6, 6.07) is 14.1. The van der Waals surface area contributed by atoms with Crippen LogP contribution in [0.1, 0.15) is 51.7 Å². The Morgan fingerprint density at radius 2 is 1.68 bits per heavy atom. The molecule has 2 fully saturated rings. The van der Waals surface area contributed by atoms with Gasteiger partial charge in [-0.25, -0.2) is 0 Å². The molecule has 4 aliphatic carbocycles. The molecule has 1 unspecified atom stereocenters. The molecule has 0 saturated heterocycles. The number of phenolic OH excluding ortho intramolecular Hbond substituents is 1. The van der Waals surface area contributed by atoms with Crippen LogP contribution in [0.4, 0.5) is 0 Å². The van der Waals surface area contributed by atoms with E-state index in [1.165, 1.54) is 20.3 Å². The van der Waals surface area contributed by atoms with Crippen molar-refractivity contribution in [3.63, 3.8) is 0 Å². The van der Waals surface area contributed by atoms with Crippen LogP contribution in [-0.2, 0) is 41.4 Å². The van der Waals surface area contributed by atoms with Crippen molar-refractivity contribution in [2.75, 3.05) is 20.8 Å². The van der Waals surface area contributed by atoms with Crippen LogP contribution >= 0.6 is 0 Å². The van der Waals surface area contributed by atoms with Gasteiger partial charge in [0.1, 0.15) is 17.8 Å². The zero-order valence-corrected chi connectivity index (χ0v) is 27.9. The number of rotatable bonds is 9. The average Bonchev–Trinajstić information content (AvgIpc) is 3.42. The lowest BCUT2D eigenvalue weighted by molar-refractivity contribution is -0.191. The SMILES string of the molecule is COc1cc(CC(=O)OCC2=C[C@H]3[C@@H]4C(C)(C)[C@]4(OC(=O)Cc4ccccc4)C[C@@H](C)C3(O)[C@@H]3C=C(C)C(=O)[C@@]3(OC)C2)ccc1O. The predicted molar refractivity (Wildman–Crippen MR) is 172 cm³/mol. The van der Waals surface area contributed by atoms with E-state index < -0.39 is 40.0 Å². The molecule has 7 atom stereocenters. The largest absolute Gasteiger partial charge is 0.504 e. The first-order valence-electron chi connectivity index (χ1n) is 16.2. The molecule has 0 radical (unpaired) electrons. The van der Waals surface area contributed by atoms with E-state index in [0.717, 1.165) is 5.56 Å². The van der Waals surface area contributed by atoms with Crippen LogP contribution in [0.5, 0.6) is 11.5 Å². The fraction of sp³-hybridized carbons (Fsp3) is 0.500. The van der Waals surface area contributed by atoms with Gasteiger partial charge < -0.3 is 29.2 Å². The normalized spacial score (nSPS) is 33.3. The minimum absolute atomic E-state index is 0.0307. The Morgan fingerprint density at radius 1 is 0.979 bits per heavy atom. The van der Waals surface area contributed by atoms with Crippen LogP contribution in [0.25, 0.3) is 0 Å². The Bertz CT molecular complexity index is 1660. The van der Waals surface area contributed by atoms with Gasteiger partial charge in [0.2, 0.25) is 0 Å². The Kier molecular flexibility index (Phi) is 8.16. The Balaban J connectivity index is 1.32. The molecular formula is C38H44O9. The van der Waals surface area contributed by atoms with Crippen molar-refractivity contribution in [2.45, 2.75) is 70.2 Å². The second-order valence-electron chi connectivity index (χ2n) is 14.3. The second kappa shape index (κ2) is 11.6.